The molecule has 2 aromatic rings. The maximum atomic E-state index is 4.42. The quantitative estimate of drug-likeness (QED) is 0.523. The van der Waals surface area contributed by atoms with Gasteiger partial charge in [-0.25, -0.2) is 9.29 Å². The van der Waals surface area contributed by atoms with Gasteiger partial charge in [0.05, 0.1) is 0 Å². The third-order valence-electron chi connectivity index (χ3n) is 4.51. The zero-order chi connectivity index (χ0) is 18.4. The molecule has 2 heterocycles. The summed E-state index contributed by atoms with van der Waals surface area (Å²) in [4.78, 5) is 5.74. The molecule has 1 saturated heterocycles. The van der Waals surface area contributed by atoms with Crippen molar-refractivity contribution in [2.45, 2.75) is 44.4 Å². The summed E-state index contributed by atoms with van der Waals surface area (Å²) in [6, 6.07) is 14.9. The molecule has 0 unspecified atom stereocenters. The molecule has 1 aliphatic heterocycles. The van der Waals surface area contributed by atoms with E-state index in [-0.39, 0.29) is 0 Å². The second-order valence-electron chi connectivity index (χ2n) is 6.98. The lowest BCUT2D eigenvalue weighted by molar-refractivity contribution is 0.434. The van der Waals surface area contributed by atoms with Crippen LogP contribution in [-0.2, 0) is 0 Å². The minimum Gasteiger partial charge on any atom is -0.246 e. The summed E-state index contributed by atoms with van der Waals surface area (Å²) in [5.74, 6) is 6.91. The van der Waals surface area contributed by atoms with Gasteiger partial charge in [0.15, 0.2) is 0 Å². The number of pyridine rings is 1. The van der Waals surface area contributed by atoms with Crippen molar-refractivity contribution in [2.24, 2.45) is 0 Å². The van der Waals surface area contributed by atoms with Gasteiger partial charge in [0.1, 0.15) is 5.69 Å². The van der Waals surface area contributed by atoms with Gasteiger partial charge < -0.3 is 0 Å². The van der Waals surface area contributed by atoms with Gasteiger partial charge in [0.2, 0.25) is 0 Å². The summed E-state index contributed by atoms with van der Waals surface area (Å²) in [7, 11) is 0. The number of allylic oxidation sites excluding steroid dienone is 1. The first-order chi connectivity index (χ1) is 12.6. The van der Waals surface area contributed by atoms with E-state index in [0.29, 0.717) is 5.92 Å². The fraction of sp³-hybridized carbons (Fsp3) is 0.348. The van der Waals surface area contributed by atoms with E-state index in [1.807, 2.05) is 37.1 Å². The van der Waals surface area contributed by atoms with E-state index in [1.54, 1.807) is 0 Å². The fourth-order valence-corrected chi connectivity index (χ4v) is 3.82. The molecular weight excluding hydrogens is 336 g/mol. The number of hydrogen-bond acceptors (Lipinski definition) is 3. The standard InChI is InChI=1S/C23H26N2S/c1-18(2)21-10-12-23(13-11-21)26-25-16-14-20(15-17-25)7-5-9-22-8-4-6-19(3)24-22/h4,6-8,10-13,18H,14-17H2,1-3H3. The summed E-state index contributed by atoms with van der Waals surface area (Å²) in [5.41, 5.74) is 4.70. The van der Waals surface area contributed by atoms with Gasteiger partial charge in [0.25, 0.3) is 0 Å². The van der Waals surface area contributed by atoms with Crippen molar-refractivity contribution in [3.63, 3.8) is 0 Å². The predicted molar refractivity (Wildman–Crippen MR) is 111 cm³/mol. The van der Waals surface area contributed by atoms with Crippen LogP contribution in [0.4, 0.5) is 0 Å². The second kappa shape index (κ2) is 9.07. The highest BCUT2D eigenvalue weighted by molar-refractivity contribution is 7.97. The molecule has 0 N–H and O–H groups in total. The molecule has 0 radical (unpaired) electrons. The lowest BCUT2D eigenvalue weighted by atomic mass is 10.0. The highest BCUT2D eigenvalue weighted by Crippen LogP contribution is 2.29. The molecule has 2 nitrogen and oxygen atoms in total. The Labute approximate surface area is 161 Å². The zero-order valence-corrected chi connectivity index (χ0v) is 16.6. The van der Waals surface area contributed by atoms with Gasteiger partial charge in [-0.1, -0.05) is 43.5 Å². The number of aryl methyl sites for hydroxylation is 1. The summed E-state index contributed by atoms with van der Waals surface area (Å²) < 4.78 is 2.46. The average Bonchev–Trinajstić information content (AvgIpc) is 2.64. The second-order valence-corrected chi connectivity index (χ2v) is 8.15. The summed E-state index contributed by atoms with van der Waals surface area (Å²) >= 11 is 1.87. The number of piperidine rings is 1. The topological polar surface area (TPSA) is 16.1 Å². The van der Waals surface area contributed by atoms with Crippen LogP contribution in [0.1, 0.15) is 49.6 Å². The van der Waals surface area contributed by atoms with Crippen LogP contribution in [-0.4, -0.2) is 22.4 Å². The first-order valence-corrected chi connectivity index (χ1v) is 10.0. The van der Waals surface area contributed by atoms with Gasteiger partial charge in [-0.05, 0) is 79.5 Å². The molecule has 3 rings (SSSR count). The first-order valence-electron chi connectivity index (χ1n) is 9.26. The van der Waals surface area contributed by atoms with E-state index in [9.17, 15) is 0 Å². The average molecular weight is 363 g/mol. The summed E-state index contributed by atoms with van der Waals surface area (Å²) in [6.45, 7) is 8.62. The smallest absolute Gasteiger partial charge is 0.113 e. The van der Waals surface area contributed by atoms with Gasteiger partial charge in [-0.15, -0.1) is 0 Å². The third-order valence-corrected chi connectivity index (χ3v) is 5.62. The molecule has 0 aliphatic carbocycles. The maximum absolute atomic E-state index is 4.42. The molecule has 1 aromatic carbocycles. The van der Waals surface area contributed by atoms with Crippen LogP contribution in [0.2, 0.25) is 0 Å². The van der Waals surface area contributed by atoms with Crippen LogP contribution in [0.15, 0.2) is 59.0 Å². The maximum Gasteiger partial charge on any atom is 0.113 e. The van der Waals surface area contributed by atoms with Crippen LogP contribution in [0.5, 0.6) is 0 Å². The van der Waals surface area contributed by atoms with Crippen molar-refractivity contribution in [1.29, 1.82) is 0 Å². The normalized spacial score (nSPS) is 14.8. The van der Waals surface area contributed by atoms with Crippen molar-refractivity contribution in [1.82, 2.24) is 9.29 Å². The minimum atomic E-state index is 0.591. The highest BCUT2D eigenvalue weighted by Gasteiger charge is 2.14. The van der Waals surface area contributed by atoms with Gasteiger partial charge in [-0.2, -0.15) is 0 Å². The van der Waals surface area contributed by atoms with Crippen molar-refractivity contribution in [3.05, 3.63) is 71.1 Å². The van der Waals surface area contributed by atoms with Crippen LogP contribution in [0.25, 0.3) is 0 Å². The van der Waals surface area contributed by atoms with Crippen molar-refractivity contribution >= 4 is 11.9 Å². The molecule has 0 bridgehead atoms. The van der Waals surface area contributed by atoms with Gasteiger partial charge in [0, 0.05) is 23.7 Å². The Hall–Kier alpha value is -2.02. The molecule has 3 heteroatoms. The van der Waals surface area contributed by atoms with E-state index >= 15 is 0 Å². The Morgan fingerprint density at radius 1 is 1.08 bits per heavy atom. The monoisotopic (exact) mass is 362 g/mol. The molecule has 26 heavy (non-hydrogen) atoms. The molecule has 1 fully saturated rings. The fourth-order valence-electron chi connectivity index (χ4n) is 2.90. The van der Waals surface area contributed by atoms with Crippen molar-refractivity contribution < 1.29 is 0 Å². The molecular formula is C23H26N2S. The Morgan fingerprint density at radius 2 is 1.81 bits per heavy atom. The molecule has 0 atom stereocenters. The lowest BCUT2D eigenvalue weighted by Gasteiger charge is -2.26. The Bertz CT molecular complexity index is 815. The SMILES string of the molecule is Cc1cccc(C#CC=C2CCN(Sc3ccc(C(C)C)cc3)CC2)n1. The number of hydrogen-bond donors (Lipinski definition) is 0. The molecule has 134 valence electrons. The zero-order valence-electron chi connectivity index (χ0n) is 15.8. The first kappa shape index (κ1) is 18.8. The van der Waals surface area contributed by atoms with Gasteiger partial charge in [-0.3, -0.25) is 0 Å². The van der Waals surface area contributed by atoms with Gasteiger partial charge >= 0.3 is 0 Å². The Balaban J connectivity index is 1.51. The molecule has 0 amide bonds. The molecule has 1 aliphatic rings. The van der Waals surface area contributed by atoms with E-state index in [4.69, 9.17) is 0 Å². The van der Waals surface area contributed by atoms with E-state index in [1.165, 1.54) is 16.0 Å². The lowest BCUT2D eigenvalue weighted by Crippen LogP contribution is -2.24. The minimum absolute atomic E-state index is 0.591. The van der Waals surface area contributed by atoms with Crippen molar-refractivity contribution in [3.8, 4) is 11.8 Å². The summed E-state index contributed by atoms with van der Waals surface area (Å²) in [6.07, 6.45) is 4.27. The number of aromatic nitrogens is 1. The molecule has 0 spiro atoms. The van der Waals surface area contributed by atoms with E-state index < -0.39 is 0 Å². The van der Waals surface area contributed by atoms with Crippen molar-refractivity contribution in [2.75, 3.05) is 13.1 Å². The largest absolute Gasteiger partial charge is 0.246 e. The molecule has 0 saturated carbocycles. The van der Waals surface area contributed by atoms with Crippen LogP contribution < -0.4 is 0 Å². The summed E-state index contributed by atoms with van der Waals surface area (Å²) in [5, 5.41) is 0. The molecule has 1 aromatic heterocycles. The number of nitrogens with zero attached hydrogens (tertiary/aromatic N) is 2. The van der Waals surface area contributed by atoms with Crippen LogP contribution in [0, 0.1) is 18.8 Å². The Kier molecular flexibility index (Phi) is 6.55. The van der Waals surface area contributed by atoms with Crippen LogP contribution in [0.3, 0.4) is 0 Å². The predicted octanol–water partition coefficient (Wildman–Crippen LogP) is 5.59. The number of rotatable bonds is 3. The number of benzene rings is 1. The van der Waals surface area contributed by atoms with Crippen LogP contribution >= 0.6 is 11.9 Å². The third kappa shape index (κ3) is 5.49. The Morgan fingerprint density at radius 3 is 2.46 bits per heavy atom. The van der Waals surface area contributed by atoms with E-state index in [2.05, 4.69) is 65.3 Å². The van der Waals surface area contributed by atoms with E-state index in [0.717, 1.165) is 37.3 Å². The highest BCUT2D eigenvalue weighted by atomic mass is 32.2.